The predicted octanol–water partition coefficient (Wildman–Crippen LogP) is 3.30. The first-order chi connectivity index (χ1) is 16.8. The minimum atomic E-state index is -4.06. The summed E-state index contributed by atoms with van der Waals surface area (Å²) in [6, 6.07) is 19.3. The van der Waals surface area contributed by atoms with E-state index in [2.05, 4.69) is 39.0 Å². The minimum Gasteiger partial charge on any atom is -0.348 e. The van der Waals surface area contributed by atoms with E-state index in [1.165, 1.54) is 48.0 Å². The molecule has 1 saturated heterocycles. The molecule has 3 aromatic carbocycles. The van der Waals surface area contributed by atoms with Crippen LogP contribution < -0.4 is 10.0 Å². The van der Waals surface area contributed by atoms with Crippen molar-refractivity contribution in [2.45, 2.75) is 18.0 Å². The number of nitrogens with zero attached hydrogens (tertiary/aromatic N) is 2. The number of piperazine rings is 1. The Balaban J connectivity index is 1.38. The van der Waals surface area contributed by atoms with E-state index in [0.717, 1.165) is 38.3 Å². The smallest absolute Gasteiger partial charge is 0.262 e. The molecule has 0 aromatic heterocycles. The molecule has 9 heteroatoms. The summed E-state index contributed by atoms with van der Waals surface area (Å²) in [7, 11) is -1.93. The summed E-state index contributed by atoms with van der Waals surface area (Å²) in [5, 5.41) is 2.85. The second-order valence-electron chi connectivity index (χ2n) is 8.70. The van der Waals surface area contributed by atoms with Crippen molar-refractivity contribution in [3.8, 4) is 0 Å². The number of hydrogen-bond donors (Lipinski definition) is 2. The van der Waals surface area contributed by atoms with Crippen molar-refractivity contribution in [2.75, 3.05) is 37.9 Å². The van der Waals surface area contributed by atoms with E-state index in [1.54, 1.807) is 6.07 Å². The third-order valence-electron chi connectivity index (χ3n) is 5.97. The monoisotopic (exact) mass is 496 g/mol. The molecule has 1 aliphatic rings. The van der Waals surface area contributed by atoms with Crippen LogP contribution in [0.1, 0.15) is 21.5 Å². The molecule has 1 heterocycles. The summed E-state index contributed by atoms with van der Waals surface area (Å²) in [6.45, 7) is 5.36. The molecule has 0 radical (unpaired) electrons. The molecule has 1 amide bonds. The molecular formula is C26H29FN4O3S. The molecule has 0 aliphatic carbocycles. The number of nitrogens with one attached hydrogen (secondary N) is 2. The van der Waals surface area contributed by atoms with Crippen LogP contribution >= 0.6 is 0 Å². The zero-order chi connectivity index (χ0) is 24.8. The molecule has 35 heavy (non-hydrogen) atoms. The first-order valence-corrected chi connectivity index (χ1v) is 12.9. The third kappa shape index (κ3) is 6.66. The van der Waals surface area contributed by atoms with Crippen LogP contribution in [0.15, 0.2) is 77.7 Å². The quantitative estimate of drug-likeness (QED) is 0.500. The molecule has 3 aromatic rings. The Kier molecular flexibility index (Phi) is 7.80. The zero-order valence-corrected chi connectivity index (χ0v) is 20.4. The van der Waals surface area contributed by atoms with Crippen LogP contribution in [0, 0.1) is 5.82 Å². The van der Waals surface area contributed by atoms with E-state index in [4.69, 9.17) is 0 Å². The number of rotatable bonds is 8. The van der Waals surface area contributed by atoms with Crippen LogP contribution in [0.5, 0.6) is 0 Å². The average molecular weight is 497 g/mol. The van der Waals surface area contributed by atoms with Gasteiger partial charge in [-0.3, -0.25) is 14.4 Å². The Hall–Kier alpha value is -3.27. The lowest BCUT2D eigenvalue weighted by molar-refractivity contribution is 0.0950. The number of likely N-dealkylation sites (N-methyl/N-ethyl adjacent to an activating group) is 1. The van der Waals surface area contributed by atoms with Crippen molar-refractivity contribution in [3.05, 3.63) is 95.3 Å². The maximum atomic E-state index is 13.9. The first kappa shape index (κ1) is 24.8. The topological polar surface area (TPSA) is 81.8 Å². The van der Waals surface area contributed by atoms with E-state index in [9.17, 15) is 17.6 Å². The second-order valence-corrected chi connectivity index (χ2v) is 10.4. The lowest BCUT2D eigenvalue weighted by Crippen LogP contribution is -2.43. The number of sulfonamides is 1. The summed E-state index contributed by atoms with van der Waals surface area (Å²) in [4.78, 5) is 17.4. The van der Waals surface area contributed by atoms with Gasteiger partial charge in [-0.25, -0.2) is 12.8 Å². The van der Waals surface area contributed by atoms with Crippen molar-refractivity contribution >= 4 is 21.6 Å². The third-order valence-corrected chi connectivity index (χ3v) is 7.33. The van der Waals surface area contributed by atoms with Gasteiger partial charge in [0.15, 0.2) is 0 Å². The highest BCUT2D eigenvalue weighted by molar-refractivity contribution is 7.92. The predicted molar refractivity (Wildman–Crippen MR) is 134 cm³/mol. The van der Waals surface area contributed by atoms with Gasteiger partial charge in [0.2, 0.25) is 0 Å². The standard InChI is InChI=1S/C26H29FN4O3S/c1-30-12-14-31(15-13-30)19-21-7-4-6-20(16-21)18-28-26(32)22-8-5-9-23(17-22)35(33,34)29-25-11-3-2-10-24(25)27/h2-11,16-17,29H,12-15,18-19H2,1H3,(H,28,32). The minimum absolute atomic E-state index is 0.123. The molecule has 0 bridgehead atoms. The van der Waals surface area contributed by atoms with Gasteiger partial charge in [-0.2, -0.15) is 0 Å². The lowest BCUT2D eigenvalue weighted by atomic mass is 10.1. The molecule has 7 nitrogen and oxygen atoms in total. The van der Waals surface area contributed by atoms with Gasteiger partial charge < -0.3 is 10.2 Å². The highest BCUT2D eigenvalue weighted by atomic mass is 32.2. The van der Waals surface area contributed by atoms with E-state index in [1.807, 2.05) is 12.1 Å². The van der Waals surface area contributed by atoms with Crippen molar-refractivity contribution in [1.82, 2.24) is 15.1 Å². The van der Waals surface area contributed by atoms with Gasteiger partial charge in [0.05, 0.1) is 10.6 Å². The van der Waals surface area contributed by atoms with Crippen molar-refractivity contribution in [2.24, 2.45) is 0 Å². The zero-order valence-electron chi connectivity index (χ0n) is 19.6. The summed E-state index contributed by atoms with van der Waals surface area (Å²) >= 11 is 0. The molecule has 184 valence electrons. The van der Waals surface area contributed by atoms with Gasteiger partial charge in [-0.15, -0.1) is 0 Å². The second kappa shape index (κ2) is 11.0. The number of benzene rings is 3. The largest absolute Gasteiger partial charge is 0.348 e. The number of para-hydroxylation sites is 1. The molecular weight excluding hydrogens is 467 g/mol. The maximum Gasteiger partial charge on any atom is 0.262 e. The Labute approximate surface area is 205 Å². The fraction of sp³-hybridized carbons (Fsp3) is 0.269. The Bertz CT molecular complexity index is 1290. The highest BCUT2D eigenvalue weighted by Gasteiger charge is 2.18. The molecule has 1 aliphatic heterocycles. The van der Waals surface area contributed by atoms with Crippen molar-refractivity contribution in [1.29, 1.82) is 0 Å². The van der Waals surface area contributed by atoms with Crippen LogP contribution in [0.25, 0.3) is 0 Å². The molecule has 4 rings (SSSR count). The average Bonchev–Trinajstić information content (AvgIpc) is 2.86. The fourth-order valence-electron chi connectivity index (χ4n) is 3.94. The summed E-state index contributed by atoms with van der Waals surface area (Å²) < 4.78 is 41.5. The number of anilines is 1. The number of carbonyl (C=O) groups is 1. The van der Waals surface area contributed by atoms with E-state index < -0.39 is 21.7 Å². The van der Waals surface area contributed by atoms with E-state index >= 15 is 0 Å². The Morgan fingerprint density at radius 2 is 1.63 bits per heavy atom. The van der Waals surface area contributed by atoms with Crippen LogP contribution in [-0.2, 0) is 23.1 Å². The molecule has 0 atom stereocenters. The van der Waals surface area contributed by atoms with Crippen LogP contribution in [0.3, 0.4) is 0 Å². The Morgan fingerprint density at radius 1 is 0.914 bits per heavy atom. The summed E-state index contributed by atoms with van der Waals surface area (Å²) in [6.07, 6.45) is 0. The highest BCUT2D eigenvalue weighted by Crippen LogP contribution is 2.20. The van der Waals surface area contributed by atoms with Gasteiger partial charge in [-0.1, -0.05) is 42.5 Å². The number of hydrogen-bond acceptors (Lipinski definition) is 5. The number of halogens is 1. The van der Waals surface area contributed by atoms with Crippen LogP contribution in [0.2, 0.25) is 0 Å². The SMILES string of the molecule is CN1CCN(Cc2cccc(CNC(=O)c3cccc(S(=O)(=O)Nc4ccccc4F)c3)c2)CC1. The van der Waals surface area contributed by atoms with Gasteiger partial charge >= 0.3 is 0 Å². The summed E-state index contributed by atoms with van der Waals surface area (Å²) in [5.41, 5.74) is 2.21. The van der Waals surface area contributed by atoms with Gasteiger partial charge in [0, 0.05) is 44.8 Å². The first-order valence-electron chi connectivity index (χ1n) is 11.4. The van der Waals surface area contributed by atoms with E-state index in [0.29, 0.717) is 6.54 Å². The molecule has 0 saturated carbocycles. The van der Waals surface area contributed by atoms with E-state index in [-0.39, 0.29) is 16.1 Å². The van der Waals surface area contributed by atoms with Crippen molar-refractivity contribution < 1.29 is 17.6 Å². The van der Waals surface area contributed by atoms with Crippen LogP contribution in [-0.4, -0.2) is 57.4 Å². The normalized spacial score (nSPS) is 15.0. The lowest BCUT2D eigenvalue weighted by Gasteiger charge is -2.32. The summed E-state index contributed by atoms with van der Waals surface area (Å²) in [5.74, 6) is -1.07. The molecule has 2 N–H and O–H groups in total. The van der Waals surface area contributed by atoms with Gasteiger partial charge in [0.1, 0.15) is 5.82 Å². The molecule has 1 fully saturated rings. The van der Waals surface area contributed by atoms with Gasteiger partial charge in [-0.05, 0) is 48.5 Å². The molecule has 0 spiro atoms. The number of carbonyl (C=O) groups excluding carboxylic acids is 1. The Morgan fingerprint density at radius 3 is 2.40 bits per heavy atom. The molecule has 0 unspecified atom stereocenters. The number of amides is 1. The van der Waals surface area contributed by atoms with Crippen molar-refractivity contribution in [3.63, 3.8) is 0 Å². The maximum absolute atomic E-state index is 13.9. The van der Waals surface area contributed by atoms with Crippen LogP contribution in [0.4, 0.5) is 10.1 Å². The fourth-order valence-corrected chi connectivity index (χ4v) is 5.05. The van der Waals surface area contributed by atoms with Gasteiger partial charge in [0.25, 0.3) is 15.9 Å².